The highest BCUT2D eigenvalue weighted by molar-refractivity contribution is 6.15. The van der Waals surface area contributed by atoms with Gasteiger partial charge in [0.05, 0.1) is 12.1 Å². The van der Waals surface area contributed by atoms with Gasteiger partial charge in [0.2, 0.25) is 11.9 Å². The molecule has 4 heteroatoms. The van der Waals surface area contributed by atoms with Crippen molar-refractivity contribution in [1.82, 2.24) is 0 Å². The number of aryl methyl sites for hydroxylation is 2. The van der Waals surface area contributed by atoms with Crippen LogP contribution in [0.4, 0.5) is 10.1 Å². The molecule has 0 atom stereocenters. The molecule has 30 heavy (non-hydrogen) atoms. The van der Waals surface area contributed by atoms with Gasteiger partial charge in [0.15, 0.2) is 11.5 Å². The summed E-state index contributed by atoms with van der Waals surface area (Å²) in [5, 5.41) is 1.94. The smallest absolute Gasteiger partial charge is 0.216 e. The Morgan fingerprint density at radius 2 is 1.57 bits per heavy atom. The van der Waals surface area contributed by atoms with E-state index in [1.165, 1.54) is 12.3 Å². The molecule has 0 aliphatic carbocycles. The Bertz CT molecular complexity index is 1480. The highest BCUT2D eigenvalue weighted by Crippen LogP contribution is 2.44. The van der Waals surface area contributed by atoms with Crippen molar-refractivity contribution < 1.29 is 13.4 Å². The molecule has 0 saturated carbocycles. The second-order valence-corrected chi connectivity index (χ2v) is 7.39. The van der Waals surface area contributed by atoms with E-state index < -0.39 is 0 Å². The van der Waals surface area contributed by atoms with Crippen LogP contribution in [0.15, 0.2) is 77.3 Å². The molecule has 0 amide bonds. The SMILES string of the molecule is [C-]#[N+]c1ccc2c(oc3c(-c4ccc(F)c[n+]4C)c(C)ccc32)c1-c1ccccc1. The lowest BCUT2D eigenvalue weighted by Gasteiger charge is -2.05. The molecule has 0 bridgehead atoms. The van der Waals surface area contributed by atoms with Gasteiger partial charge in [0.1, 0.15) is 18.2 Å². The third kappa shape index (κ3) is 2.67. The van der Waals surface area contributed by atoms with Gasteiger partial charge in [-0.1, -0.05) is 54.6 Å². The summed E-state index contributed by atoms with van der Waals surface area (Å²) < 4.78 is 21.9. The second kappa shape index (κ2) is 6.82. The van der Waals surface area contributed by atoms with E-state index in [0.717, 1.165) is 44.3 Å². The predicted molar refractivity (Wildman–Crippen MR) is 117 cm³/mol. The highest BCUT2D eigenvalue weighted by Gasteiger charge is 2.23. The molecule has 2 heterocycles. The summed E-state index contributed by atoms with van der Waals surface area (Å²) in [6.45, 7) is 9.67. The maximum atomic E-state index is 13.7. The van der Waals surface area contributed by atoms with Crippen molar-refractivity contribution in [2.75, 3.05) is 0 Å². The summed E-state index contributed by atoms with van der Waals surface area (Å²) in [6, 6.07) is 21.0. The summed E-state index contributed by atoms with van der Waals surface area (Å²) in [6.07, 6.45) is 1.46. The first-order valence-corrected chi connectivity index (χ1v) is 9.65. The molecule has 0 N–H and O–H groups in total. The quantitative estimate of drug-likeness (QED) is 0.240. The number of aromatic nitrogens is 1. The fourth-order valence-corrected chi connectivity index (χ4v) is 4.12. The van der Waals surface area contributed by atoms with Crippen molar-refractivity contribution in [1.29, 1.82) is 0 Å². The van der Waals surface area contributed by atoms with Gasteiger partial charge < -0.3 is 4.42 Å². The summed E-state index contributed by atoms with van der Waals surface area (Å²) in [5.41, 5.74) is 6.56. The van der Waals surface area contributed by atoms with E-state index in [1.54, 1.807) is 10.6 Å². The fourth-order valence-electron chi connectivity index (χ4n) is 4.12. The third-order valence-corrected chi connectivity index (χ3v) is 5.53. The Balaban J connectivity index is 1.92. The zero-order valence-electron chi connectivity index (χ0n) is 16.6. The van der Waals surface area contributed by atoms with Crippen molar-refractivity contribution >= 4 is 27.6 Å². The molecular weight excluding hydrogens is 375 g/mol. The maximum Gasteiger partial charge on any atom is 0.216 e. The number of furan rings is 1. The predicted octanol–water partition coefficient (Wildman–Crippen LogP) is 6.74. The first-order valence-electron chi connectivity index (χ1n) is 9.65. The van der Waals surface area contributed by atoms with Crippen molar-refractivity contribution in [3.63, 3.8) is 0 Å². The molecule has 144 valence electrons. The lowest BCUT2D eigenvalue weighted by Crippen LogP contribution is -2.31. The maximum absolute atomic E-state index is 13.7. The molecule has 3 nitrogen and oxygen atoms in total. The Hall–Kier alpha value is -3.97. The van der Waals surface area contributed by atoms with Crippen LogP contribution in [-0.4, -0.2) is 0 Å². The van der Waals surface area contributed by atoms with Crippen molar-refractivity contribution in [2.45, 2.75) is 6.92 Å². The number of hydrogen-bond acceptors (Lipinski definition) is 1. The molecule has 3 aromatic carbocycles. The van der Waals surface area contributed by atoms with Crippen LogP contribution in [-0.2, 0) is 7.05 Å². The van der Waals surface area contributed by atoms with E-state index in [-0.39, 0.29) is 5.82 Å². The molecule has 0 spiro atoms. The van der Waals surface area contributed by atoms with E-state index in [4.69, 9.17) is 11.0 Å². The van der Waals surface area contributed by atoms with Crippen LogP contribution in [0.2, 0.25) is 0 Å². The summed E-state index contributed by atoms with van der Waals surface area (Å²) >= 11 is 0. The molecule has 5 aromatic rings. The molecule has 0 radical (unpaired) electrons. The molecule has 0 unspecified atom stereocenters. The van der Waals surface area contributed by atoms with E-state index in [1.807, 2.05) is 56.4 Å². The van der Waals surface area contributed by atoms with Crippen LogP contribution in [0.25, 0.3) is 49.2 Å². The molecular formula is C26H18FN2O+. The monoisotopic (exact) mass is 393 g/mol. The Kier molecular flexibility index (Phi) is 4.11. The zero-order chi connectivity index (χ0) is 20.8. The molecule has 0 aliphatic rings. The zero-order valence-corrected chi connectivity index (χ0v) is 16.6. The minimum atomic E-state index is -0.288. The van der Waals surface area contributed by atoms with E-state index in [9.17, 15) is 4.39 Å². The van der Waals surface area contributed by atoms with Crippen molar-refractivity contribution in [2.24, 2.45) is 7.05 Å². The number of nitrogens with zero attached hydrogens (tertiary/aromatic N) is 2. The average molecular weight is 393 g/mol. The number of hydrogen-bond donors (Lipinski definition) is 0. The summed E-state index contributed by atoms with van der Waals surface area (Å²) in [7, 11) is 1.83. The van der Waals surface area contributed by atoms with Gasteiger partial charge in [0, 0.05) is 22.4 Å². The summed E-state index contributed by atoms with van der Waals surface area (Å²) in [5.74, 6) is -0.288. The minimum Gasteiger partial charge on any atom is -0.456 e. The molecule has 0 saturated heterocycles. The van der Waals surface area contributed by atoms with Crippen LogP contribution in [0.3, 0.4) is 0 Å². The first kappa shape index (κ1) is 18.1. The van der Waals surface area contributed by atoms with Crippen molar-refractivity contribution in [3.8, 4) is 22.4 Å². The summed E-state index contributed by atoms with van der Waals surface area (Å²) in [4.78, 5) is 3.73. The molecule has 2 aromatic heterocycles. The van der Waals surface area contributed by atoms with Crippen molar-refractivity contribution in [3.05, 3.63) is 95.7 Å². The van der Waals surface area contributed by atoms with Crippen LogP contribution in [0.5, 0.6) is 0 Å². The Morgan fingerprint density at radius 3 is 2.27 bits per heavy atom. The van der Waals surface area contributed by atoms with Gasteiger partial charge in [0.25, 0.3) is 0 Å². The van der Waals surface area contributed by atoms with Crippen LogP contribution < -0.4 is 4.57 Å². The third-order valence-electron chi connectivity index (χ3n) is 5.53. The number of benzene rings is 3. The van der Waals surface area contributed by atoms with Gasteiger partial charge in [-0.3, -0.25) is 0 Å². The fraction of sp³-hybridized carbons (Fsp3) is 0.0769. The van der Waals surface area contributed by atoms with Crippen LogP contribution in [0.1, 0.15) is 5.56 Å². The number of fused-ring (bicyclic) bond motifs is 3. The number of rotatable bonds is 2. The highest BCUT2D eigenvalue weighted by atomic mass is 19.1. The lowest BCUT2D eigenvalue weighted by molar-refractivity contribution is -0.661. The number of pyridine rings is 1. The first-order chi connectivity index (χ1) is 14.6. The molecule has 0 fully saturated rings. The topological polar surface area (TPSA) is 21.4 Å². The number of halogens is 1. The Labute approximate surface area is 173 Å². The van der Waals surface area contributed by atoms with Gasteiger partial charge in [-0.25, -0.2) is 9.24 Å². The lowest BCUT2D eigenvalue weighted by atomic mass is 9.98. The van der Waals surface area contributed by atoms with Gasteiger partial charge in [-0.15, -0.1) is 0 Å². The standard InChI is InChI=1S/C26H18FN2O/c1-16-9-11-19-20-12-13-21(28-2)24(17-7-5-4-6-8-17)26(20)30-25(19)23(16)22-14-10-18(27)15-29(22)3/h4-15H,1,3H3/q+1. The van der Waals surface area contributed by atoms with Gasteiger partial charge in [-0.05, 0) is 24.1 Å². The molecule has 5 rings (SSSR count). The Morgan fingerprint density at radius 1 is 0.867 bits per heavy atom. The van der Waals surface area contributed by atoms with Crippen LogP contribution in [0, 0.1) is 19.3 Å². The average Bonchev–Trinajstić information content (AvgIpc) is 3.13. The van der Waals surface area contributed by atoms with Crippen LogP contribution >= 0.6 is 0 Å². The van der Waals surface area contributed by atoms with E-state index in [2.05, 4.69) is 17.0 Å². The second-order valence-electron chi connectivity index (χ2n) is 7.39. The van der Waals surface area contributed by atoms with E-state index >= 15 is 0 Å². The van der Waals surface area contributed by atoms with Gasteiger partial charge >= 0.3 is 0 Å². The minimum absolute atomic E-state index is 0.288. The van der Waals surface area contributed by atoms with Gasteiger partial charge in [-0.2, -0.15) is 4.57 Å². The van der Waals surface area contributed by atoms with E-state index in [0.29, 0.717) is 11.3 Å². The normalized spacial score (nSPS) is 11.1. The molecule has 0 aliphatic heterocycles. The largest absolute Gasteiger partial charge is 0.456 e.